The molecule has 0 aliphatic rings. The number of pyridine rings is 1. The number of nitrogens with zero attached hydrogens (tertiary/aromatic N) is 2. The summed E-state index contributed by atoms with van der Waals surface area (Å²) in [6.07, 6.45) is 1.79. The van der Waals surface area contributed by atoms with Crippen LogP contribution in [-0.4, -0.2) is 9.97 Å². The van der Waals surface area contributed by atoms with Gasteiger partial charge in [-0.3, -0.25) is 4.98 Å². The molecule has 0 fully saturated rings. The highest BCUT2D eigenvalue weighted by Crippen LogP contribution is 2.32. The molecule has 84 valence electrons. The van der Waals surface area contributed by atoms with E-state index in [1.165, 1.54) is 4.88 Å². The summed E-state index contributed by atoms with van der Waals surface area (Å²) >= 11 is 1.69. The molecule has 0 aliphatic heterocycles. The van der Waals surface area contributed by atoms with Crippen molar-refractivity contribution >= 4 is 11.3 Å². The normalized spacial score (nSPS) is 11.0. The Morgan fingerprint density at radius 3 is 2.75 bits per heavy atom. The molecule has 0 aliphatic carbocycles. The average Bonchev–Trinajstić information content (AvgIpc) is 2.74. The van der Waals surface area contributed by atoms with E-state index in [2.05, 4.69) is 23.8 Å². The van der Waals surface area contributed by atoms with Gasteiger partial charge in [-0.25, -0.2) is 4.98 Å². The Bertz CT molecular complexity index is 462. The molecule has 16 heavy (non-hydrogen) atoms. The summed E-state index contributed by atoms with van der Waals surface area (Å²) in [5.74, 6) is 0.454. The Labute approximate surface area is 99.4 Å². The standard InChI is InChI=1S/C12H15N3S/c1-8(2)12-11(15-10(7-13)16-12)9-5-3-4-6-14-9/h3-6,8H,7,13H2,1-2H3. The zero-order chi connectivity index (χ0) is 11.5. The van der Waals surface area contributed by atoms with Crippen LogP contribution in [0.4, 0.5) is 0 Å². The van der Waals surface area contributed by atoms with E-state index in [-0.39, 0.29) is 0 Å². The molecule has 2 aromatic heterocycles. The first kappa shape index (κ1) is 11.2. The number of thiazole rings is 1. The molecule has 2 aromatic rings. The van der Waals surface area contributed by atoms with Crippen LogP contribution in [0.25, 0.3) is 11.4 Å². The van der Waals surface area contributed by atoms with Crippen LogP contribution in [0.3, 0.4) is 0 Å². The maximum absolute atomic E-state index is 5.64. The fraction of sp³-hybridized carbons (Fsp3) is 0.333. The van der Waals surface area contributed by atoms with Gasteiger partial charge < -0.3 is 5.73 Å². The van der Waals surface area contributed by atoms with E-state index in [4.69, 9.17) is 5.73 Å². The van der Waals surface area contributed by atoms with Crippen molar-refractivity contribution in [2.45, 2.75) is 26.3 Å². The Hall–Kier alpha value is -1.26. The third kappa shape index (κ3) is 2.13. The summed E-state index contributed by atoms with van der Waals surface area (Å²) in [5.41, 5.74) is 7.56. The van der Waals surface area contributed by atoms with Gasteiger partial charge in [0.15, 0.2) is 0 Å². The first-order chi connectivity index (χ1) is 7.72. The molecule has 4 heteroatoms. The van der Waals surface area contributed by atoms with Crippen molar-refractivity contribution in [3.8, 4) is 11.4 Å². The molecule has 0 atom stereocenters. The average molecular weight is 233 g/mol. The van der Waals surface area contributed by atoms with Crippen molar-refractivity contribution in [2.75, 3.05) is 0 Å². The molecular weight excluding hydrogens is 218 g/mol. The van der Waals surface area contributed by atoms with E-state index >= 15 is 0 Å². The minimum atomic E-state index is 0.454. The van der Waals surface area contributed by atoms with E-state index < -0.39 is 0 Å². The number of hydrogen-bond acceptors (Lipinski definition) is 4. The van der Waals surface area contributed by atoms with E-state index in [0.717, 1.165) is 16.4 Å². The summed E-state index contributed by atoms with van der Waals surface area (Å²) in [6, 6.07) is 5.88. The summed E-state index contributed by atoms with van der Waals surface area (Å²) in [6.45, 7) is 4.83. The Balaban J connectivity index is 2.51. The highest BCUT2D eigenvalue weighted by Gasteiger charge is 2.15. The lowest BCUT2D eigenvalue weighted by Crippen LogP contribution is -1.95. The first-order valence-corrected chi connectivity index (χ1v) is 6.15. The van der Waals surface area contributed by atoms with Crippen LogP contribution in [0, 0.1) is 0 Å². The quantitative estimate of drug-likeness (QED) is 0.887. The third-order valence-corrected chi connectivity index (χ3v) is 3.68. The zero-order valence-corrected chi connectivity index (χ0v) is 10.3. The van der Waals surface area contributed by atoms with Crippen LogP contribution in [-0.2, 0) is 6.54 Å². The van der Waals surface area contributed by atoms with Gasteiger partial charge in [0.2, 0.25) is 0 Å². The fourth-order valence-electron chi connectivity index (χ4n) is 1.54. The van der Waals surface area contributed by atoms with Crippen LogP contribution in [0.1, 0.15) is 29.7 Å². The number of rotatable bonds is 3. The van der Waals surface area contributed by atoms with E-state index in [9.17, 15) is 0 Å². The van der Waals surface area contributed by atoms with Crippen LogP contribution < -0.4 is 5.73 Å². The minimum absolute atomic E-state index is 0.454. The number of nitrogens with two attached hydrogens (primary N) is 1. The Kier molecular flexibility index (Phi) is 3.31. The molecule has 0 radical (unpaired) electrons. The maximum Gasteiger partial charge on any atom is 0.107 e. The van der Waals surface area contributed by atoms with Gasteiger partial charge >= 0.3 is 0 Å². The van der Waals surface area contributed by atoms with Crippen molar-refractivity contribution in [3.63, 3.8) is 0 Å². The largest absolute Gasteiger partial charge is 0.325 e. The highest BCUT2D eigenvalue weighted by atomic mass is 32.1. The zero-order valence-electron chi connectivity index (χ0n) is 9.47. The molecule has 2 N–H and O–H groups in total. The van der Waals surface area contributed by atoms with Gasteiger partial charge in [0.1, 0.15) is 10.7 Å². The van der Waals surface area contributed by atoms with Crippen molar-refractivity contribution in [3.05, 3.63) is 34.3 Å². The highest BCUT2D eigenvalue weighted by molar-refractivity contribution is 7.12. The molecule has 0 saturated carbocycles. The van der Waals surface area contributed by atoms with Crippen molar-refractivity contribution < 1.29 is 0 Å². The van der Waals surface area contributed by atoms with Crippen LogP contribution in [0.5, 0.6) is 0 Å². The smallest absolute Gasteiger partial charge is 0.107 e. The third-order valence-electron chi connectivity index (χ3n) is 2.30. The van der Waals surface area contributed by atoms with E-state index in [1.54, 1.807) is 17.5 Å². The number of aromatic nitrogens is 2. The van der Waals surface area contributed by atoms with E-state index in [0.29, 0.717) is 12.5 Å². The summed E-state index contributed by atoms with van der Waals surface area (Å²) in [5, 5.41) is 0.976. The Morgan fingerprint density at radius 2 is 2.19 bits per heavy atom. The SMILES string of the molecule is CC(C)c1sc(CN)nc1-c1ccccn1. The molecule has 3 nitrogen and oxygen atoms in total. The minimum Gasteiger partial charge on any atom is -0.325 e. The predicted octanol–water partition coefficient (Wildman–Crippen LogP) is 2.79. The number of hydrogen-bond donors (Lipinski definition) is 1. The second-order valence-electron chi connectivity index (χ2n) is 3.89. The topological polar surface area (TPSA) is 51.8 Å². The van der Waals surface area contributed by atoms with Gasteiger partial charge in [0, 0.05) is 17.6 Å². The van der Waals surface area contributed by atoms with Crippen molar-refractivity contribution in [1.29, 1.82) is 0 Å². The molecule has 0 amide bonds. The lowest BCUT2D eigenvalue weighted by atomic mass is 10.1. The second kappa shape index (κ2) is 4.72. The monoisotopic (exact) mass is 233 g/mol. The lowest BCUT2D eigenvalue weighted by Gasteiger charge is -2.03. The fourth-order valence-corrected chi connectivity index (χ4v) is 2.50. The van der Waals surface area contributed by atoms with Crippen molar-refractivity contribution in [1.82, 2.24) is 9.97 Å². The van der Waals surface area contributed by atoms with Gasteiger partial charge in [-0.05, 0) is 18.1 Å². The summed E-state index contributed by atoms with van der Waals surface area (Å²) in [4.78, 5) is 10.2. The van der Waals surface area contributed by atoms with Gasteiger partial charge in [-0.15, -0.1) is 11.3 Å². The maximum atomic E-state index is 5.64. The van der Waals surface area contributed by atoms with Crippen LogP contribution >= 0.6 is 11.3 Å². The molecular formula is C12H15N3S. The Morgan fingerprint density at radius 1 is 1.38 bits per heavy atom. The molecule has 0 aromatic carbocycles. The lowest BCUT2D eigenvalue weighted by molar-refractivity contribution is 0.886. The molecule has 2 heterocycles. The van der Waals surface area contributed by atoms with Crippen molar-refractivity contribution in [2.24, 2.45) is 5.73 Å². The van der Waals surface area contributed by atoms with Crippen LogP contribution in [0.15, 0.2) is 24.4 Å². The molecule has 0 saturated heterocycles. The van der Waals surface area contributed by atoms with Gasteiger partial charge in [0.05, 0.1) is 5.69 Å². The first-order valence-electron chi connectivity index (χ1n) is 5.33. The summed E-state index contributed by atoms with van der Waals surface area (Å²) in [7, 11) is 0. The van der Waals surface area contributed by atoms with E-state index in [1.807, 2.05) is 18.2 Å². The molecule has 0 bridgehead atoms. The summed E-state index contributed by atoms with van der Waals surface area (Å²) < 4.78 is 0. The molecule has 2 rings (SSSR count). The van der Waals surface area contributed by atoms with Crippen LogP contribution in [0.2, 0.25) is 0 Å². The van der Waals surface area contributed by atoms with Gasteiger partial charge in [0.25, 0.3) is 0 Å². The predicted molar refractivity (Wildman–Crippen MR) is 67.3 cm³/mol. The van der Waals surface area contributed by atoms with Gasteiger partial charge in [-0.2, -0.15) is 0 Å². The van der Waals surface area contributed by atoms with Gasteiger partial charge in [-0.1, -0.05) is 19.9 Å². The second-order valence-corrected chi connectivity index (χ2v) is 5.01. The molecule has 0 unspecified atom stereocenters. The molecule has 0 spiro atoms.